The number of rotatable bonds is 3. The standard InChI is InChI=1S/C10H21N3O/c1-13(2)9-6-4-3-5-8(9)12-10(14)7-11/h8-9H,3-7,11H2,1-2H3,(H,12,14)/t8-,9-/m1/s1. The molecule has 0 radical (unpaired) electrons. The van der Waals surface area contributed by atoms with Crippen molar-refractivity contribution in [3.8, 4) is 0 Å². The smallest absolute Gasteiger partial charge is 0.234 e. The largest absolute Gasteiger partial charge is 0.351 e. The van der Waals surface area contributed by atoms with E-state index in [0.717, 1.165) is 6.42 Å². The van der Waals surface area contributed by atoms with Crippen LogP contribution in [0.3, 0.4) is 0 Å². The zero-order valence-corrected chi connectivity index (χ0v) is 9.12. The Morgan fingerprint density at radius 1 is 1.43 bits per heavy atom. The summed E-state index contributed by atoms with van der Waals surface area (Å²) in [6, 6.07) is 0.758. The van der Waals surface area contributed by atoms with Crippen molar-refractivity contribution in [2.75, 3.05) is 20.6 Å². The summed E-state index contributed by atoms with van der Waals surface area (Å²) in [5, 5.41) is 2.99. The predicted octanol–water partition coefficient (Wildman–Crippen LogP) is -0.0659. The van der Waals surface area contributed by atoms with Crippen molar-refractivity contribution < 1.29 is 4.79 Å². The van der Waals surface area contributed by atoms with Crippen LogP contribution in [0.2, 0.25) is 0 Å². The minimum atomic E-state index is -0.0382. The van der Waals surface area contributed by atoms with Gasteiger partial charge in [-0.25, -0.2) is 0 Å². The molecule has 3 N–H and O–H groups in total. The first-order chi connectivity index (χ1) is 6.65. The molecule has 0 aromatic heterocycles. The number of amides is 1. The minimum absolute atomic E-state index is 0.0382. The summed E-state index contributed by atoms with van der Waals surface area (Å²) in [6.45, 7) is 0.0939. The van der Waals surface area contributed by atoms with Gasteiger partial charge in [0.25, 0.3) is 0 Å². The van der Waals surface area contributed by atoms with Crippen molar-refractivity contribution in [1.82, 2.24) is 10.2 Å². The van der Waals surface area contributed by atoms with E-state index in [0.29, 0.717) is 6.04 Å². The molecule has 1 rings (SSSR count). The zero-order valence-electron chi connectivity index (χ0n) is 9.12. The first-order valence-electron chi connectivity index (χ1n) is 5.31. The van der Waals surface area contributed by atoms with Crippen LogP contribution in [0, 0.1) is 0 Å². The molecule has 0 spiro atoms. The molecule has 0 aromatic rings. The third-order valence-electron chi connectivity index (χ3n) is 2.92. The molecule has 1 fully saturated rings. The SMILES string of the molecule is CN(C)[C@@H]1CCCC[C@H]1NC(=O)CN. The van der Waals surface area contributed by atoms with Crippen LogP contribution in [0.25, 0.3) is 0 Å². The average molecular weight is 199 g/mol. The summed E-state index contributed by atoms with van der Waals surface area (Å²) in [7, 11) is 4.13. The van der Waals surface area contributed by atoms with E-state index in [1.807, 2.05) is 0 Å². The number of hydrogen-bond donors (Lipinski definition) is 2. The van der Waals surface area contributed by atoms with Gasteiger partial charge >= 0.3 is 0 Å². The fourth-order valence-electron chi connectivity index (χ4n) is 2.16. The lowest BCUT2D eigenvalue weighted by Gasteiger charge is -2.36. The van der Waals surface area contributed by atoms with Crippen LogP contribution >= 0.6 is 0 Å². The molecular formula is C10H21N3O. The van der Waals surface area contributed by atoms with Crippen LogP contribution in [0.4, 0.5) is 0 Å². The van der Waals surface area contributed by atoms with Gasteiger partial charge in [0, 0.05) is 12.1 Å². The Kier molecular flexibility index (Phi) is 4.35. The summed E-state index contributed by atoms with van der Waals surface area (Å²) in [6.07, 6.45) is 4.72. The Hall–Kier alpha value is -0.610. The molecule has 0 unspecified atom stereocenters. The molecule has 4 heteroatoms. The van der Waals surface area contributed by atoms with E-state index in [9.17, 15) is 4.79 Å². The Morgan fingerprint density at radius 3 is 2.64 bits per heavy atom. The molecule has 1 amide bonds. The molecule has 0 saturated heterocycles. The van der Waals surface area contributed by atoms with Gasteiger partial charge < -0.3 is 16.0 Å². The minimum Gasteiger partial charge on any atom is -0.351 e. The summed E-state index contributed by atoms with van der Waals surface area (Å²) >= 11 is 0. The van der Waals surface area contributed by atoms with Crippen LogP contribution in [0.5, 0.6) is 0 Å². The van der Waals surface area contributed by atoms with Crippen molar-refractivity contribution in [3.63, 3.8) is 0 Å². The molecule has 4 nitrogen and oxygen atoms in total. The molecule has 1 aliphatic carbocycles. The molecule has 0 aliphatic heterocycles. The topological polar surface area (TPSA) is 58.4 Å². The number of hydrogen-bond acceptors (Lipinski definition) is 3. The Balaban J connectivity index is 2.49. The highest BCUT2D eigenvalue weighted by atomic mass is 16.1. The maximum atomic E-state index is 11.2. The molecular weight excluding hydrogens is 178 g/mol. The van der Waals surface area contributed by atoms with Gasteiger partial charge in [-0.2, -0.15) is 0 Å². The summed E-state index contributed by atoms with van der Waals surface area (Å²) < 4.78 is 0. The number of nitrogens with zero attached hydrogens (tertiary/aromatic N) is 1. The van der Waals surface area contributed by atoms with Crippen molar-refractivity contribution in [3.05, 3.63) is 0 Å². The second-order valence-corrected chi connectivity index (χ2v) is 4.19. The van der Waals surface area contributed by atoms with E-state index in [4.69, 9.17) is 5.73 Å². The number of carbonyl (C=O) groups is 1. The first-order valence-corrected chi connectivity index (χ1v) is 5.31. The molecule has 0 heterocycles. The van der Waals surface area contributed by atoms with E-state index in [2.05, 4.69) is 24.3 Å². The molecule has 1 saturated carbocycles. The van der Waals surface area contributed by atoms with E-state index >= 15 is 0 Å². The van der Waals surface area contributed by atoms with Gasteiger partial charge in [0.05, 0.1) is 6.54 Å². The Labute approximate surface area is 85.8 Å². The summed E-state index contributed by atoms with van der Waals surface area (Å²) in [5.74, 6) is -0.0382. The zero-order chi connectivity index (χ0) is 10.6. The van der Waals surface area contributed by atoms with Crippen LogP contribution in [0.1, 0.15) is 25.7 Å². The lowest BCUT2D eigenvalue weighted by molar-refractivity contribution is -0.121. The van der Waals surface area contributed by atoms with Gasteiger partial charge in [-0.1, -0.05) is 12.8 Å². The van der Waals surface area contributed by atoms with Crippen molar-refractivity contribution in [1.29, 1.82) is 0 Å². The molecule has 82 valence electrons. The normalized spacial score (nSPS) is 27.7. The summed E-state index contributed by atoms with van der Waals surface area (Å²) in [4.78, 5) is 13.4. The molecule has 0 bridgehead atoms. The number of nitrogens with two attached hydrogens (primary N) is 1. The van der Waals surface area contributed by atoms with Gasteiger partial charge in [0.1, 0.15) is 0 Å². The van der Waals surface area contributed by atoms with E-state index < -0.39 is 0 Å². The van der Waals surface area contributed by atoms with Crippen molar-refractivity contribution in [2.24, 2.45) is 5.73 Å². The average Bonchev–Trinajstić information content (AvgIpc) is 2.18. The first kappa shape index (κ1) is 11.5. The monoisotopic (exact) mass is 199 g/mol. The Bertz CT molecular complexity index is 194. The lowest BCUT2D eigenvalue weighted by atomic mass is 9.89. The fraction of sp³-hybridized carbons (Fsp3) is 0.900. The van der Waals surface area contributed by atoms with Crippen molar-refractivity contribution in [2.45, 2.75) is 37.8 Å². The Morgan fingerprint density at radius 2 is 2.07 bits per heavy atom. The van der Waals surface area contributed by atoms with Gasteiger partial charge in [0.15, 0.2) is 0 Å². The third kappa shape index (κ3) is 2.96. The third-order valence-corrected chi connectivity index (χ3v) is 2.92. The maximum absolute atomic E-state index is 11.2. The van der Waals surface area contributed by atoms with Crippen LogP contribution < -0.4 is 11.1 Å². The highest BCUT2D eigenvalue weighted by Gasteiger charge is 2.27. The van der Waals surface area contributed by atoms with Gasteiger partial charge in [-0.3, -0.25) is 4.79 Å². The van der Waals surface area contributed by atoms with E-state index in [1.54, 1.807) is 0 Å². The van der Waals surface area contributed by atoms with Crippen LogP contribution in [0.15, 0.2) is 0 Å². The van der Waals surface area contributed by atoms with Crippen LogP contribution in [-0.2, 0) is 4.79 Å². The fourth-order valence-corrected chi connectivity index (χ4v) is 2.16. The highest BCUT2D eigenvalue weighted by Crippen LogP contribution is 2.21. The van der Waals surface area contributed by atoms with E-state index in [-0.39, 0.29) is 18.5 Å². The molecule has 14 heavy (non-hydrogen) atoms. The van der Waals surface area contributed by atoms with Crippen molar-refractivity contribution >= 4 is 5.91 Å². The molecule has 0 aromatic carbocycles. The molecule has 2 atom stereocenters. The number of likely N-dealkylation sites (N-methyl/N-ethyl adjacent to an activating group) is 1. The van der Waals surface area contributed by atoms with E-state index in [1.165, 1.54) is 19.3 Å². The predicted molar refractivity (Wildman–Crippen MR) is 56.9 cm³/mol. The van der Waals surface area contributed by atoms with Gasteiger partial charge in [0.2, 0.25) is 5.91 Å². The maximum Gasteiger partial charge on any atom is 0.234 e. The van der Waals surface area contributed by atoms with Gasteiger partial charge in [-0.15, -0.1) is 0 Å². The second kappa shape index (κ2) is 5.32. The molecule has 1 aliphatic rings. The van der Waals surface area contributed by atoms with Gasteiger partial charge in [-0.05, 0) is 26.9 Å². The second-order valence-electron chi connectivity index (χ2n) is 4.19. The summed E-state index contributed by atoms with van der Waals surface area (Å²) in [5.41, 5.74) is 5.29. The number of carbonyl (C=O) groups excluding carboxylic acids is 1. The lowest BCUT2D eigenvalue weighted by Crippen LogP contribution is -2.52. The quantitative estimate of drug-likeness (QED) is 0.669. The number of nitrogens with one attached hydrogen (secondary N) is 1. The highest BCUT2D eigenvalue weighted by molar-refractivity contribution is 5.78. The van der Waals surface area contributed by atoms with Crippen LogP contribution in [-0.4, -0.2) is 43.5 Å².